The molecule has 3 rings (SSSR count). The number of nitrogens with one attached hydrogen (secondary N) is 1. The Morgan fingerprint density at radius 2 is 1.59 bits per heavy atom. The summed E-state index contributed by atoms with van der Waals surface area (Å²) in [4.78, 5) is 29.0. The third kappa shape index (κ3) is 6.62. The van der Waals surface area contributed by atoms with Crippen molar-refractivity contribution in [2.45, 2.75) is 23.9 Å². The summed E-state index contributed by atoms with van der Waals surface area (Å²) in [6.07, 6.45) is 0.437. The summed E-state index contributed by atoms with van der Waals surface area (Å²) in [5, 5.41) is 2.74. The number of hydrogen-bond donors (Lipinski definition) is 1. The van der Waals surface area contributed by atoms with Crippen molar-refractivity contribution >= 4 is 23.6 Å². The molecule has 0 fully saturated rings. The van der Waals surface area contributed by atoms with E-state index < -0.39 is 6.04 Å². The lowest BCUT2D eigenvalue weighted by molar-refractivity contribution is -0.139. The first-order valence-corrected chi connectivity index (χ1v) is 11.4. The van der Waals surface area contributed by atoms with Crippen molar-refractivity contribution in [1.29, 1.82) is 0 Å². The molecule has 32 heavy (non-hydrogen) atoms. The lowest BCUT2D eigenvalue weighted by Crippen LogP contribution is -2.50. The van der Waals surface area contributed by atoms with E-state index in [0.717, 1.165) is 16.0 Å². The van der Waals surface area contributed by atoms with Crippen LogP contribution < -0.4 is 10.1 Å². The molecule has 1 N–H and O–H groups in total. The summed E-state index contributed by atoms with van der Waals surface area (Å²) in [7, 11) is 3.22. The van der Waals surface area contributed by atoms with Gasteiger partial charge in [0, 0.05) is 24.9 Å². The van der Waals surface area contributed by atoms with Crippen LogP contribution >= 0.6 is 11.8 Å². The normalized spacial score (nSPS) is 11.4. The average molecular weight is 449 g/mol. The van der Waals surface area contributed by atoms with Gasteiger partial charge in [-0.2, -0.15) is 0 Å². The minimum atomic E-state index is -0.627. The van der Waals surface area contributed by atoms with Crippen LogP contribution in [0.3, 0.4) is 0 Å². The second kappa shape index (κ2) is 12.0. The van der Waals surface area contributed by atoms with Crippen molar-refractivity contribution in [1.82, 2.24) is 10.2 Å². The first-order chi connectivity index (χ1) is 15.6. The van der Waals surface area contributed by atoms with Gasteiger partial charge in [0.25, 0.3) is 0 Å². The predicted octanol–water partition coefficient (Wildman–Crippen LogP) is 4.17. The lowest BCUT2D eigenvalue weighted by atomic mass is 10.0. The molecular formula is C26H28N2O3S. The van der Waals surface area contributed by atoms with E-state index in [2.05, 4.69) is 5.32 Å². The molecule has 0 bridgehead atoms. The molecule has 0 aliphatic heterocycles. The van der Waals surface area contributed by atoms with Crippen LogP contribution in [0, 0.1) is 0 Å². The number of hydrogen-bond acceptors (Lipinski definition) is 4. The molecule has 0 heterocycles. The quantitative estimate of drug-likeness (QED) is 0.473. The Labute approximate surface area is 193 Å². The highest BCUT2D eigenvalue weighted by Gasteiger charge is 2.29. The van der Waals surface area contributed by atoms with E-state index in [1.165, 1.54) is 11.8 Å². The molecule has 2 amide bonds. The van der Waals surface area contributed by atoms with Crippen LogP contribution in [0.4, 0.5) is 0 Å². The van der Waals surface area contributed by atoms with Gasteiger partial charge < -0.3 is 15.0 Å². The summed E-state index contributed by atoms with van der Waals surface area (Å²) in [6, 6.07) is 26.5. The number of benzene rings is 3. The zero-order chi connectivity index (χ0) is 22.8. The van der Waals surface area contributed by atoms with Crippen LogP contribution in [0.15, 0.2) is 89.8 Å². The molecule has 0 saturated carbocycles. The van der Waals surface area contributed by atoms with E-state index in [1.807, 2.05) is 84.9 Å². The van der Waals surface area contributed by atoms with Crippen LogP contribution in [0.5, 0.6) is 5.75 Å². The Balaban J connectivity index is 1.88. The van der Waals surface area contributed by atoms with E-state index in [1.54, 1.807) is 19.1 Å². The smallest absolute Gasteiger partial charge is 0.242 e. The Morgan fingerprint density at radius 1 is 0.938 bits per heavy atom. The average Bonchev–Trinajstić information content (AvgIpc) is 2.85. The number of nitrogens with zero attached hydrogens (tertiary/aromatic N) is 1. The van der Waals surface area contributed by atoms with Gasteiger partial charge in [-0.3, -0.25) is 9.59 Å². The number of rotatable bonds is 10. The molecule has 0 saturated heterocycles. The molecule has 166 valence electrons. The minimum Gasteiger partial charge on any atom is -0.497 e. The summed E-state index contributed by atoms with van der Waals surface area (Å²) in [6.45, 7) is 0.316. The molecule has 0 radical (unpaired) electrons. The van der Waals surface area contributed by atoms with E-state index in [0.29, 0.717) is 18.7 Å². The maximum Gasteiger partial charge on any atom is 0.242 e. The van der Waals surface area contributed by atoms with Crippen LogP contribution in [0.1, 0.15) is 11.1 Å². The molecule has 0 spiro atoms. The minimum absolute atomic E-state index is 0.0915. The van der Waals surface area contributed by atoms with Gasteiger partial charge in [0.05, 0.1) is 12.9 Å². The molecule has 1 atom stereocenters. The SMILES string of the molecule is CNC(=O)[C@@H](Cc1ccccc1)N(Cc1cccc(OC)c1)C(=O)CSc1ccccc1. The highest BCUT2D eigenvalue weighted by atomic mass is 32.2. The van der Waals surface area contributed by atoms with Crippen molar-refractivity contribution in [2.24, 2.45) is 0 Å². The van der Waals surface area contributed by atoms with Gasteiger partial charge in [0.2, 0.25) is 11.8 Å². The van der Waals surface area contributed by atoms with Gasteiger partial charge in [-0.25, -0.2) is 0 Å². The maximum absolute atomic E-state index is 13.4. The number of carbonyl (C=O) groups is 2. The van der Waals surface area contributed by atoms with Crippen molar-refractivity contribution in [3.8, 4) is 5.75 Å². The second-order valence-electron chi connectivity index (χ2n) is 7.29. The summed E-state index contributed by atoms with van der Waals surface area (Å²) in [5.41, 5.74) is 1.91. The highest BCUT2D eigenvalue weighted by Crippen LogP contribution is 2.22. The van der Waals surface area contributed by atoms with Crippen LogP contribution in [0.2, 0.25) is 0 Å². The summed E-state index contributed by atoms with van der Waals surface area (Å²) < 4.78 is 5.34. The summed E-state index contributed by atoms with van der Waals surface area (Å²) >= 11 is 1.47. The zero-order valence-corrected chi connectivity index (χ0v) is 19.2. The Bertz CT molecular complexity index is 1010. The van der Waals surface area contributed by atoms with E-state index in [4.69, 9.17) is 4.74 Å². The summed E-state index contributed by atoms with van der Waals surface area (Å²) in [5.74, 6) is 0.685. The molecule has 0 aliphatic rings. The van der Waals surface area contributed by atoms with Crippen molar-refractivity contribution in [3.63, 3.8) is 0 Å². The first-order valence-electron chi connectivity index (χ1n) is 10.5. The molecule has 3 aromatic carbocycles. The number of carbonyl (C=O) groups excluding carboxylic acids is 2. The third-order valence-electron chi connectivity index (χ3n) is 5.11. The fourth-order valence-electron chi connectivity index (χ4n) is 3.43. The highest BCUT2D eigenvalue weighted by molar-refractivity contribution is 8.00. The first kappa shape index (κ1) is 23.4. The van der Waals surface area contributed by atoms with Gasteiger partial charge in [-0.1, -0.05) is 60.7 Å². The Kier molecular flexibility index (Phi) is 8.75. The number of likely N-dealkylation sites (N-methyl/N-ethyl adjacent to an activating group) is 1. The van der Waals surface area contributed by atoms with Gasteiger partial charge >= 0.3 is 0 Å². The van der Waals surface area contributed by atoms with Crippen LogP contribution in [0.25, 0.3) is 0 Å². The lowest BCUT2D eigenvalue weighted by Gasteiger charge is -2.31. The van der Waals surface area contributed by atoms with E-state index in [-0.39, 0.29) is 17.6 Å². The number of ether oxygens (including phenoxy) is 1. The standard InChI is InChI=1S/C26H28N2O3S/c1-27-26(30)24(17-20-10-5-3-6-11-20)28(18-21-12-9-13-22(16-21)31-2)25(29)19-32-23-14-7-4-8-15-23/h3-16,24H,17-19H2,1-2H3,(H,27,30)/t24-/m1/s1. The van der Waals surface area contributed by atoms with Gasteiger partial charge in [0.1, 0.15) is 11.8 Å². The monoisotopic (exact) mass is 448 g/mol. The molecule has 0 unspecified atom stereocenters. The van der Waals surface area contributed by atoms with Gasteiger partial charge in [-0.15, -0.1) is 11.8 Å². The number of thioether (sulfide) groups is 1. The van der Waals surface area contributed by atoms with Crippen LogP contribution in [-0.4, -0.2) is 42.7 Å². The van der Waals surface area contributed by atoms with E-state index in [9.17, 15) is 9.59 Å². The van der Waals surface area contributed by atoms with Crippen LogP contribution in [-0.2, 0) is 22.6 Å². The zero-order valence-electron chi connectivity index (χ0n) is 18.4. The second-order valence-corrected chi connectivity index (χ2v) is 8.34. The Hall–Kier alpha value is -3.25. The number of methoxy groups -OCH3 is 1. The fourth-order valence-corrected chi connectivity index (χ4v) is 4.24. The molecular weight excluding hydrogens is 420 g/mol. The maximum atomic E-state index is 13.4. The number of amides is 2. The Morgan fingerprint density at radius 3 is 2.25 bits per heavy atom. The topological polar surface area (TPSA) is 58.6 Å². The molecule has 3 aromatic rings. The van der Waals surface area contributed by atoms with Crippen molar-refractivity contribution in [3.05, 3.63) is 96.1 Å². The largest absolute Gasteiger partial charge is 0.497 e. The third-order valence-corrected chi connectivity index (χ3v) is 6.11. The molecule has 6 heteroatoms. The molecule has 0 aliphatic carbocycles. The predicted molar refractivity (Wildman–Crippen MR) is 129 cm³/mol. The van der Waals surface area contributed by atoms with Gasteiger partial charge in [0.15, 0.2) is 0 Å². The fraction of sp³-hybridized carbons (Fsp3) is 0.231. The van der Waals surface area contributed by atoms with Crippen molar-refractivity contribution < 1.29 is 14.3 Å². The molecule has 5 nitrogen and oxygen atoms in total. The molecule has 0 aromatic heterocycles. The van der Waals surface area contributed by atoms with Crippen molar-refractivity contribution in [2.75, 3.05) is 19.9 Å². The van der Waals surface area contributed by atoms with E-state index >= 15 is 0 Å². The van der Waals surface area contributed by atoms with Gasteiger partial charge in [-0.05, 0) is 35.4 Å².